The normalized spacial score (nSPS) is 36.4. The predicted molar refractivity (Wildman–Crippen MR) is 70.1 cm³/mol. The smallest absolute Gasteiger partial charge is 0.0521 e. The number of ether oxygens (including phenoxy) is 1. The Kier molecular flexibility index (Phi) is 4.79. The molecule has 4 nitrogen and oxygen atoms in total. The first kappa shape index (κ1) is 13.3. The number of hydrogen-bond donors (Lipinski definition) is 1. The molecule has 2 N–H and O–H groups in total. The molecule has 0 aromatic heterocycles. The number of hydrogen-bond acceptors (Lipinski definition) is 4. The number of rotatable bonds is 3. The highest BCUT2D eigenvalue weighted by Gasteiger charge is 2.28. The Bertz CT molecular complexity index is 235. The van der Waals surface area contributed by atoms with Crippen molar-refractivity contribution >= 4 is 0 Å². The molecule has 0 aromatic rings. The minimum absolute atomic E-state index is 0.337. The minimum atomic E-state index is 0.337. The van der Waals surface area contributed by atoms with Gasteiger partial charge in [0.15, 0.2) is 0 Å². The summed E-state index contributed by atoms with van der Waals surface area (Å²) in [7, 11) is 4.37. The summed E-state index contributed by atoms with van der Waals surface area (Å²) in [5.74, 6) is 0.532. The lowest BCUT2D eigenvalue weighted by atomic mass is 9.94. The summed E-state index contributed by atoms with van der Waals surface area (Å²) in [6.07, 6.45) is 3.66. The maximum atomic E-state index is 6.17. The van der Waals surface area contributed by atoms with Crippen LogP contribution in [0.5, 0.6) is 0 Å². The van der Waals surface area contributed by atoms with Crippen molar-refractivity contribution < 1.29 is 4.74 Å². The largest absolute Gasteiger partial charge is 0.381 e. The first-order chi connectivity index (χ1) is 8.16. The Labute approximate surface area is 105 Å². The van der Waals surface area contributed by atoms with Crippen molar-refractivity contribution in [2.75, 3.05) is 46.9 Å². The van der Waals surface area contributed by atoms with E-state index in [-0.39, 0.29) is 0 Å². The van der Waals surface area contributed by atoms with Crippen molar-refractivity contribution in [3.63, 3.8) is 0 Å². The van der Waals surface area contributed by atoms with Gasteiger partial charge in [-0.2, -0.15) is 0 Å². The van der Waals surface area contributed by atoms with Crippen LogP contribution in [0.1, 0.15) is 19.3 Å². The molecule has 0 aromatic carbocycles. The first-order valence-corrected chi connectivity index (χ1v) is 6.89. The predicted octanol–water partition coefficient (Wildman–Crippen LogP) is 0.376. The molecule has 2 saturated heterocycles. The van der Waals surface area contributed by atoms with Crippen LogP contribution in [0.3, 0.4) is 0 Å². The molecule has 2 rings (SSSR count). The molecule has 0 radical (unpaired) electrons. The maximum Gasteiger partial charge on any atom is 0.0521 e. The quantitative estimate of drug-likeness (QED) is 0.775. The van der Waals surface area contributed by atoms with Crippen LogP contribution < -0.4 is 5.73 Å². The van der Waals surface area contributed by atoms with Gasteiger partial charge in [-0.15, -0.1) is 0 Å². The lowest BCUT2D eigenvalue weighted by Crippen LogP contribution is -2.50. The van der Waals surface area contributed by atoms with Gasteiger partial charge in [0.25, 0.3) is 0 Å². The van der Waals surface area contributed by atoms with E-state index in [0.29, 0.717) is 18.0 Å². The molecule has 3 unspecified atom stereocenters. The van der Waals surface area contributed by atoms with Crippen molar-refractivity contribution in [2.24, 2.45) is 11.7 Å². The summed E-state index contributed by atoms with van der Waals surface area (Å²) in [6.45, 7) is 5.23. The number of nitrogens with two attached hydrogens (primary N) is 1. The van der Waals surface area contributed by atoms with Gasteiger partial charge in [0.05, 0.1) is 6.61 Å². The highest BCUT2D eigenvalue weighted by Crippen LogP contribution is 2.19. The topological polar surface area (TPSA) is 41.7 Å². The van der Waals surface area contributed by atoms with Crippen LogP contribution in [-0.2, 0) is 4.74 Å². The van der Waals surface area contributed by atoms with Crippen LogP contribution in [-0.4, -0.2) is 68.8 Å². The maximum absolute atomic E-state index is 6.17. The lowest BCUT2D eigenvalue weighted by Gasteiger charge is -2.39. The summed E-state index contributed by atoms with van der Waals surface area (Å²) in [5.41, 5.74) is 6.17. The Morgan fingerprint density at radius 3 is 2.88 bits per heavy atom. The van der Waals surface area contributed by atoms with Crippen LogP contribution in [0.25, 0.3) is 0 Å². The van der Waals surface area contributed by atoms with Crippen molar-refractivity contribution in [3.05, 3.63) is 0 Å². The lowest BCUT2D eigenvalue weighted by molar-refractivity contribution is 0.0171. The molecule has 0 saturated carbocycles. The van der Waals surface area contributed by atoms with E-state index in [2.05, 4.69) is 23.9 Å². The van der Waals surface area contributed by atoms with E-state index in [9.17, 15) is 0 Å². The van der Waals surface area contributed by atoms with Crippen molar-refractivity contribution in [1.29, 1.82) is 0 Å². The molecule has 2 heterocycles. The van der Waals surface area contributed by atoms with Gasteiger partial charge >= 0.3 is 0 Å². The van der Waals surface area contributed by atoms with Crippen LogP contribution in [0.15, 0.2) is 0 Å². The minimum Gasteiger partial charge on any atom is -0.381 e. The fourth-order valence-electron chi connectivity index (χ4n) is 2.95. The van der Waals surface area contributed by atoms with Gasteiger partial charge in [-0.1, -0.05) is 0 Å². The van der Waals surface area contributed by atoms with E-state index >= 15 is 0 Å². The molecule has 100 valence electrons. The van der Waals surface area contributed by atoms with E-state index in [1.807, 2.05) is 0 Å². The zero-order valence-electron chi connectivity index (χ0n) is 11.3. The molecule has 0 bridgehead atoms. The first-order valence-electron chi connectivity index (χ1n) is 6.89. The molecule has 4 heteroatoms. The average molecular weight is 241 g/mol. The fraction of sp³-hybridized carbons (Fsp3) is 1.00. The third kappa shape index (κ3) is 3.65. The Morgan fingerprint density at radius 2 is 2.18 bits per heavy atom. The second kappa shape index (κ2) is 6.14. The average Bonchev–Trinajstić information content (AvgIpc) is 2.32. The van der Waals surface area contributed by atoms with Crippen molar-refractivity contribution in [3.8, 4) is 0 Å². The summed E-state index contributed by atoms with van der Waals surface area (Å²) >= 11 is 0. The summed E-state index contributed by atoms with van der Waals surface area (Å²) in [4.78, 5) is 4.93. The molecule has 2 aliphatic rings. The van der Waals surface area contributed by atoms with Gasteiger partial charge in [0, 0.05) is 37.7 Å². The molecular formula is C13H27N3O. The van der Waals surface area contributed by atoms with Gasteiger partial charge in [-0.05, 0) is 39.9 Å². The standard InChI is InChI=1S/C13H27N3O/c1-15(2)12-4-3-6-16(9-12)8-11-10-17-7-5-13(11)14/h11-13H,3-10,14H2,1-2H3. The molecule has 0 aliphatic carbocycles. The summed E-state index contributed by atoms with van der Waals surface area (Å²) in [5, 5.41) is 0. The van der Waals surface area contributed by atoms with Crippen LogP contribution in [0.4, 0.5) is 0 Å². The van der Waals surface area contributed by atoms with E-state index in [0.717, 1.165) is 26.2 Å². The van der Waals surface area contributed by atoms with Crippen molar-refractivity contribution in [2.45, 2.75) is 31.3 Å². The molecule has 3 atom stereocenters. The number of likely N-dealkylation sites (N-methyl/N-ethyl adjacent to an activating group) is 1. The van der Waals surface area contributed by atoms with Gasteiger partial charge in [-0.3, -0.25) is 0 Å². The summed E-state index contributed by atoms with van der Waals surface area (Å²) < 4.78 is 5.55. The van der Waals surface area contributed by atoms with E-state index in [1.165, 1.54) is 25.9 Å². The van der Waals surface area contributed by atoms with Gasteiger partial charge < -0.3 is 20.3 Å². The molecular weight excluding hydrogens is 214 g/mol. The SMILES string of the molecule is CN(C)C1CCCN(CC2COCCC2N)C1. The van der Waals surface area contributed by atoms with Crippen LogP contribution >= 0.6 is 0 Å². The van der Waals surface area contributed by atoms with E-state index in [1.54, 1.807) is 0 Å². The number of piperidine rings is 1. The molecule has 2 fully saturated rings. The highest BCUT2D eigenvalue weighted by atomic mass is 16.5. The Morgan fingerprint density at radius 1 is 1.35 bits per heavy atom. The fourth-order valence-corrected chi connectivity index (χ4v) is 2.95. The summed E-state index contributed by atoms with van der Waals surface area (Å²) in [6, 6.07) is 1.05. The number of likely N-dealkylation sites (tertiary alicyclic amines) is 1. The molecule has 0 amide bonds. The third-order valence-electron chi connectivity index (χ3n) is 4.24. The van der Waals surface area contributed by atoms with Crippen molar-refractivity contribution in [1.82, 2.24) is 9.80 Å². The second-order valence-electron chi connectivity index (χ2n) is 5.81. The van der Waals surface area contributed by atoms with E-state index < -0.39 is 0 Å². The van der Waals surface area contributed by atoms with E-state index in [4.69, 9.17) is 10.5 Å². The molecule has 2 aliphatic heterocycles. The third-order valence-corrected chi connectivity index (χ3v) is 4.24. The van der Waals surface area contributed by atoms with Gasteiger partial charge in [0.2, 0.25) is 0 Å². The Hall–Kier alpha value is -0.160. The zero-order chi connectivity index (χ0) is 12.3. The monoisotopic (exact) mass is 241 g/mol. The van der Waals surface area contributed by atoms with Gasteiger partial charge in [-0.25, -0.2) is 0 Å². The van der Waals surface area contributed by atoms with Gasteiger partial charge in [0.1, 0.15) is 0 Å². The second-order valence-corrected chi connectivity index (χ2v) is 5.81. The highest BCUT2D eigenvalue weighted by molar-refractivity contribution is 4.83. The molecule has 17 heavy (non-hydrogen) atoms. The van der Waals surface area contributed by atoms with Crippen LogP contribution in [0.2, 0.25) is 0 Å². The Balaban J connectivity index is 1.81. The molecule has 0 spiro atoms. The van der Waals surface area contributed by atoms with Crippen LogP contribution in [0, 0.1) is 5.92 Å². The number of nitrogens with zero attached hydrogens (tertiary/aromatic N) is 2. The zero-order valence-corrected chi connectivity index (χ0v) is 11.3.